The van der Waals surface area contributed by atoms with Crippen molar-refractivity contribution in [2.24, 2.45) is 0 Å². The molecule has 0 atom stereocenters. The highest BCUT2D eigenvalue weighted by molar-refractivity contribution is 6.36. The molecule has 0 amide bonds. The molecule has 0 spiro atoms. The molecule has 8 nitrogen and oxygen atoms in total. The number of ether oxygens (including phenoxy) is 1. The van der Waals surface area contributed by atoms with Gasteiger partial charge in [-0.05, 0) is 40.6 Å². The number of tetrazole rings is 1. The second-order valence-electron chi connectivity index (χ2n) is 7.30. The number of nitrogens with one attached hydrogen (secondary N) is 1. The van der Waals surface area contributed by atoms with E-state index in [9.17, 15) is 0 Å². The number of hydrogen-bond acceptors (Lipinski definition) is 5. The van der Waals surface area contributed by atoms with E-state index in [0.717, 1.165) is 42.0 Å². The number of nitrogens with zero attached hydrogens (tertiary/aromatic N) is 6. The monoisotopic (exact) mass is 493 g/mol. The molecule has 3 heterocycles. The van der Waals surface area contributed by atoms with Crippen LogP contribution in [-0.4, -0.2) is 41.9 Å². The number of H-pyrrole nitrogens is 1. The smallest absolute Gasteiger partial charge is 0.198 e. The molecule has 0 saturated carbocycles. The van der Waals surface area contributed by atoms with Gasteiger partial charge in [0.2, 0.25) is 0 Å². The maximum absolute atomic E-state index is 6.45. The predicted molar refractivity (Wildman–Crippen MR) is 125 cm³/mol. The summed E-state index contributed by atoms with van der Waals surface area (Å²) < 4.78 is 9.29. The molecule has 11 heteroatoms. The molecule has 1 N–H and O–H groups in total. The number of benzene rings is 1. The van der Waals surface area contributed by atoms with Gasteiger partial charge < -0.3 is 9.30 Å². The van der Waals surface area contributed by atoms with E-state index in [1.165, 1.54) is 0 Å². The first-order valence-corrected chi connectivity index (χ1v) is 11.3. The summed E-state index contributed by atoms with van der Waals surface area (Å²) in [5.74, 6) is 1.40. The van der Waals surface area contributed by atoms with Crippen molar-refractivity contribution in [3.8, 4) is 17.2 Å². The Morgan fingerprint density at radius 2 is 1.91 bits per heavy atom. The van der Waals surface area contributed by atoms with Gasteiger partial charge in [0, 0.05) is 25.8 Å². The van der Waals surface area contributed by atoms with Crippen LogP contribution in [0.15, 0.2) is 30.3 Å². The number of imidazole rings is 1. The summed E-state index contributed by atoms with van der Waals surface area (Å²) in [4.78, 5) is 4.57. The SMILES string of the molecule is CCCCc1nc(Cl)c(COC)n1Cc1ccc(-n2c(Cl)cc(Cl)c2-c2nnn[nH]2)cc1. The van der Waals surface area contributed by atoms with Gasteiger partial charge in [-0.25, -0.2) is 10.1 Å². The van der Waals surface area contributed by atoms with Crippen molar-refractivity contribution in [1.29, 1.82) is 0 Å². The summed E-state index contributed by atoms with van der Waals surface area (Å²) >= 11 is 19.2. The van der Waals surface area contributed by atoms with Crippen LogP contribution in [0.3, 0.4) is 0 Å². The van der Waals surface area contributed by atoms with Crippen molar-refractivity contribution in [3.05, 3.63) is 62.7 Å². The molecule has 168 valence electrons. The van der Waals surface area contributed by atoms with Crippen molar-refractivity contribution in [3.63, 3.8) is 0 Å². The van der Waals surface area contributed by atoms with Crippen molar-refractivity contribution in [1.82, 2.24) is 34.7 Å². The molecule has 1 aromatic carbocycles. The van der Waals surface area contributed by atoms with E-state index in [4.69, 9.17) is 39.5 Å². The largest absolute Gasteiger partial charge is 0.378 e. The first-order valence-electron chi connectivity index (χ1n) is 10.2. The number of aryl methyl sites for hydroxylation is 1. The fraction of sp³-hybridized carbons (Fsp3) is 0.333. The fourth-order valence-corrected chi connectivity index (χ4v) is 4.49. The highest BCUT2D eigenvalue weighted by Gasteiger charge is 2.19. The van der Waals surface area contributed by atoms with E-state index in [1.807, 2.05) is 24.3 Å². The van der Waals surface area contributed by atoms with Crippen molar-refractivity contribution < 1.29 is 4.74 Å². The summed E-state index contributed by atoms with van der Waals surface area (Å²) in [7, 11) is 1.65. The third-order valence-electron chi connectivity index (χ3n) is 5.15. The average Bonchev–Trinajstić information content (AvgIpc) is 3.47. The Morgan fingerprint density at radius 1 is 1.12 bits per heavy atom. The molecule has 0 aliphatic carbocycles. The third-order valence-corrected chi connectivity index (χ3v) is 6.02. The molecule has 0 aliphatic heterocycles. The van der Waals surface area contributed by atoms with Gasteiger partial charge in [0.25, 0.3) is 0 Å². The van der Waals surface area contributed by atoms with E-state index in [2.05, 4.69) is 37.1 Å². The lowest BCUT2D eigenvalue weighted by atomic mass is 10.2. The quantitative estimate of drug-likeness (QED) is 0.339. The minimum absolute atomic E-state index is 0.405. The van der Waals surface area contributed by atoms with Gasteiger partial charge in [0.15, 0.2) is 11.0 Å². The Kier molecular flexibility index (Phi) is 7.15. The maximum Gasteiger partial charge on any atom is 0.198 e. The van der Waals surface area contributed by atoms with Gasteiger partial charge >= 0.3 is 0 Å². The third kappa shape index (κ3) is 4.54. The number of rotatable bonds is 9. The topological polar surface area (TPSA) is 86.4 Å². The summed E-state index contributed by atoms with van der Waals surface area (Å²) in [6, 6.07) is 9.70. The number of hydrogen-bond donors (Lipinski definition) is 1. The zero-order valence-electron chi connectivity index (χ0n) is 17.6. The van der Waals surface area contributed by atoms with Crippen LogP contribution in [0, 0.1) is 0 Å². The van der Waals surface area contributed by atoms with E-state index < -0.39 is 0 Å². The molecule has 32 heavy (non-hydrogen) atoms. The van der Waals surface area contributed by atoms with Gasteiger partial charge in [0.1, 0.15) is 16.7 Å². The maximum atomic E-state index is 6.45. The van der Waals surface area contributed by atoms with Crippen LogP contribution < -0.4 is 0 Å². The minimum Gasteiger partial charge on any atom is -0.378 e. The molecular weight excluding hydrogens is 473 g/mol. The molecule has 0 bridgehead atoms. The van der Waals surface area contributed by atoms with Gasteiger partial charge in [-0.1, -0.05) is 60.3 Å². The zero-order valence-corrected chi connectivity index (χ0v) is 19.9. The van der Waals surface area contributed by atoms with Gasteiger partial charge in [-0.3, -0.25) is 4.57 Å². The summed E-state index contributed by atoms with van der Waals surface area (Å²) in [5.41, 5.74) is 3.41. The number of aromatic amines is 1. The Hall–Kier alpha value is -2.39. The van der Waals surface area contributed by atoms with E-state index in [0.29, 0.717) is 40.0 Å². The Balaban J connectivity index is 1.66. The van der Waals surface area contributed by atoms with Crippen molar-refractivity contribution in [2.45, 2.75) is 39.3 Å². The summed E-state index contributed by atoms with van der Waals surface area (Å²) in [6.45, 7) is 3.20. The number of halogens is 3. The predicted octanol–water partition coefficient (Wildman–Crippen LogP) is 5.35. The Labute approximate surface area is 200 Å². The van der Waals surface area contributed by atoms with Crippen LogP contribution in [0.2, 0.25) is 15.3 Å². The first-order chi connectivity index (χ1) is 15.5. The molecular formula is C21H22Cl3N7O. The molecule has 3 aromatic heterocycles. The molecule has 0 saturated heterocycles. The fourth-order valence-electron chi connectivity index (χ4n) is 3.61. The van der Waals surface area contributed by atoms with E-state index in [1.54, 1.807) is 17.7 Å². The van der Waals surface area contributed by atoms with Crippen molar-refractivity contribution >= 4 is 34.8 Å². The molecule has 0 aliphatic rings. The summed E-state index contributed by atoms with van der Waals surface area (Å²) in [5, 5.41) is 15.4. The van der Waals surface area contributed by atoms with Crippen LogP contribution in [0.5, 0.6) is 0 Å². The highest BCUT2D eigenvalue weighted by Crippen LogP contribution is 2.34. The van der Waals surface area contributed by atoms with Crippen LogP contribution in [0.4, 0.5) is 0 Å². The second kappa shape index (κ2) is 10.0. The first kappa shape index (κ1) is 22.8. The molecule has 0 fully saturated rings. The molecule has 4 rings (SSSR count). The lowest BCUT2D eigenvalue weighted by molar-refractivity contribution is 0.178. The standard InChI is InChI=1S/C21H22Cl3N7O/c1-3-4-5-18-25-20(24)16(12-32-2)30(18)11-13-6-8-14(9-7-13)31-17(23)10-15(22)19(31)21-26-28-29-27-21/h6-10H,3-5,11-12H2,1-2H3,(H,26,27,28,29). The number of aromatic nitrogens is 7. The van der Waals surface area contributed by atoms with Crippen LogP contribution >= 0.6 is 34.8 Å². The van der Waals surface area contributed by atoms with E-state index >= 15 is 0 Å². The number of unbranched alkanes of at least 4 members (excludes halogenated alkanes) is 1. The van der Waals surface area contributed by atoms with Crippen LogP contribution in [0.1, 0.15) is 36.8 Å². The highest BCUT2D eigenvalue weighted by atomic mass is 35.5. The Bertz CT molecular complexity index is 1180. The molecule has 4 aromatic rings. The molecule has 0 unspecified atom stereocenters. The summed E-state index contributed by atoms with van der Waals surface area (Å²) in [6.07, 6.45) is 3.00. The Morgan fingerprint density at radius 3 is 2.56 bits per heavy atom. The van der Waals surface area contributed by atoms with Gasteiger partial charge in [-0.2, -0.15) is 0 Å². The minimum atomic E-state index is 0.405. The zero-order chi connectivity index (χ0) is 22.7. The van der Waals surface area contributed by atoms with Crippen molar-refractivity contribution in [2.75, 3.05) is 7.11 Å². The molecule has 0 radical (unpaired) electrons. The lowest BCUT2D eigenvalue weighted by Gasteiger charge is -2.14. The second-order valence-corrected chi connectivity index (χ2v) is 8.46. The van der Waals surface area contributed by atoms with Crippen LogP contribution in [0.25, 0.3) is 17.2 Å². The van der Waals surface area contributed by atoms with Crippen LogP contribution in [-0.2, 0) is 24.3 Å². The lowest BCUT2D eigenvalue weighted by Crippen LogP contribution is -2.10. The average molecular weight is 495 g/mol. The van der Waals surface area contributed by atoms with E-state index in [-0.39, 0.29) is 0 Å². The normalized spacial score (nSPS) is 11.4. The van der Waals surface area contributed by atoms with Gasteiger partial charge in [0.05, 0.1) is 17.3 Å². The number of methoxy groups -OCH3 is 1. The van der Waals surface area contributed by atoms with Gasteiger partial charge in [-0.15, -0.1) is 5.10 Å².